The Morgan fingerprint density at radius 1 is 1.36 bits per heavy atom. The van der Waals surface area contributed by atoms with Crippen LogP contribution < -0.4 is 0 Å². The van der Waals surface area contributed by atoms with Crippen molar-refractivity contribution in [3.05, 3.63) is 11.6 Å². The van der Waals surface area contributed by atoms with Gasteiger partial charge in [-0.25, -0.2) is 0 Å². The monoisotopic (exact) mass is 194 g/mol. The maximum absolute atomic E-state index is 5.91. The van der Waals surface area contributed by atoms with Gasteiger partial charge in [-0.3, -0.25) is 0 Å². The molecule has 1 aliphatic carbocycles. The molecule has 1 rings (SSSR count). The summed E-state index contributed by atoms with van der Waals surface area (Å²) in [6.07, 6.45) is 4.03. The molecule has 0 nitrogen and oxygen atoms in total. The molecule has 0 N–H and O–H groups in total. The van der Waals surface area contributed by atoms with Crippen molar-refractivity contribution in [3.63, 3.8) is 0 Å². The average molecular weight is 195 g/mol. The van der Waals surface area contributed by atoms with Crippen LogP contribution in [0.2, 0.25) is 0 Å². The van der Waals surface area contributed by atoms with Crippen LogP contribution >= 0.6 is 23.2 Å². The number of rotatable bonds is 0. The molecule has 0 aliphatic heterocycles. The van der Waals surface area contributed by atoms with Crippen molar-refractivity contribution in [2.75, 3.05) is 0 Å². The number of hydrogen-bond donors (Lipinski definition) is 0. The van der Waals surface area contributed by atoms with Gasteiger partial charge in [0.05, 0.1) is 5.38 Å². The summed E-state index contributed by atoms with van der Waals surface area (Å²) >= 11 is 11.8. The van der Waals surface area contributed by atoms with Crippen molar-refractivity contribution >= 4 is 23.2 Å². The molecule has 2 unspecified atom stereocenters. The molecule has 0 aromatic carbocycles. The molecule has 11 heavy (non-hydrogen) atoms. The van der Waals surface area contributed by atoms with E-state index in [0.29, 0.717) is 0 Å². The molecule has 0 fully saturated rings. The summed E-state index contributed by atoms with van der Waals surface area (Å²) in [6, 6.07) is 0. The number of hydrogen-bond acceptors (Lipinski definition) is 0. The SMILES string of the molecule is CC.CC1=CCC(Cl)CC1Cl. The highest BCUT2D eigenvalue weighted by Crippen LogP contribution is 2.26. The van der Waals surface area contributed by atoms with Crippen LogP contribution in [0.15, 0.2) is 11.6 Å². The number of alkyl halides is 2. The van der Waals surface area contributed by atoms with Gasteiger partial charge < -0.3 is 0 Å². The predicted octanol–water partition coefficient (Wildman–Crippen LogP) is 3.97. The lowest BCUT2D eigenvalue weighted by Crippen LogP contribution is -2.14. The summed E-state index contributed by atoms with van der Waals surface area (Å²) in [5.74, 6) is 0. The number of halogens is 2. The maximum Gasteiger partial charge on any atom is 0.0556 e. The third-order valence-electron chi connectivity index (χ3n) is 1.65. The fourth-order valence-electron chi connectivity index (χ4n) is 0.948. The lowest BCUT2D eigenvalue weighted by Gasteiger charge is -2.18. The molecule has 2 heteroatoms. The van der Waals surface area contributed by atoms with E-state index in [-0.39, 0.29) is 10.8 Å². The summed E-state index contributed by atoms with van der Waals surface area (Å²) in [4.78, 5) is 0. The zero-order valence-corrected chi connectivity index (χ0v) is 8.91. The van der Waals surface area contributed by atoms with E-state index >= 15 is 0 Å². The lowest BCUT2D eigenvalue weighted by molar-refractivity contribution is 0.716. The fraction of sp³-hybridized carbons (Fsp3) is 0.778. The molecule has 2 atom stereocenters. The molecule has 0 spiro atoms. The van der Waals surface area contributed by atoms with E-state index in [1.165, 1.54) is 5.57 Å². The predicted molar refractivity (Wildman–Crippen MR) is 53.6 cm³/mol. The van der Waals surface area contributed by atoms with E-state index < -0.39 is 0 Å². The molecule has 0 saturated carbocycles. The minimum atomic E-state index is 0.182. The van der Waals surface area contributed by atoms with Gasteiger partial charge in [-0.05, 0) is 19.8 Å². The van der Waals surface area contributed by atoms with Crippen LogP contribution in [-0.4, -0.2) is 10.8 Å². The van der Waals surface area contributed by atoms with E-state index in [9.17, 15) is 0 Å². The maximum atomic E-state index is 5.91. The molecule has 0 aromatic heterocycles. The van der Waals surface area contributed by atoms with Gasteiger partial charge in [0.2, 0.25) is 0 Å². The van der Waals surface area contributed by atoms with E-state index in [1.807, 2.05) is 13.8 Å². The zero-order valence-electron chi connectivity index (χ0n) is 7.40. The van der Waals surface area contributed by atoms with Gasteiger partial charge in [0.25, 0.3) is 0 Å². The summed E-state index contributed by atoms with van der Waals surface area (Å²) in [7, 11) is 0. The Kier molecular flexibility index (Phi) is 6.08. The van der Waals surface area contributed by atoms with Gasteiger partial charge >= 0.3 is 0 Å². The Hall–Kier alpha value is 0.320. The zero-order chi connectivity index (χ0) is 8.85. The lowest BCUT2D eigenvalue weighted by atomic mass is 10.0. The molecule has 0 heterocycles. The summed E-state index contributed by atoms with van der Waals surface area (Å²) < 4.78 is 0. The Balaban J connectivity index is 0.000000461. The molecule has 0 amide bonds. The summed E-state index contributed by atoms with van der Waals surface area (Å²) in [5.41, 5.74) is 1.27. The fourth-order valence-corrected chi connectivity index (χ4v) is 1.61. The van der Waals surface area contributed by atoms with Crippen LogP contribution in [0.25, 0.3) is 0 Å². The topological polar surface area (TPSA) is 0 Å². The smallest absolute Gasteiger partial charge is 0.0556 e. The van der Waals surface area contributed by atoms with Gasteiger partial charge in [-0.15, -0.1) is 23.2 Å². The van der Waals surface area contributed by atoms with Crippen LogP contribution in [0.5, 0.6) is 0 Å². The van der Waals surface area contributed by atoms with Crippen molar-refractivity contribution in [1.82, 2.24) is 0 Å². The van der Waals surface area contributed by atoms with Crippen LogP contribution in [-0.2, 0) is 0 Å². The molecule has 0 radical (unpaired) electrons. The molecule has 1 aliphatic rings. The minimum Gasteiger partial charge on any atom is -0.123 e. The summed E-state index contributed by atoms with van der Waals surface area (Å²) in [6.45, 7) is 6.06. The van der Waals surface area contributed by atoms with Crippen LogP contribution in [0, 0.1) is 0 Å². The van der Waals surface area contributed by atoms with E-state index in [4.69, 9.17) is 23.2 Å². The van der Waals surface area contributed by atoms with Crippen molar-refractivity contribution < 1.29 is 0 Å². The van der Waals surface area contributed by atoms with Crippen LogP contribution in [0.1, 0.15) is 33.6 Å². The highest BCUT2D eigenvalue weighted by Gasteiger charge is 2.17. The third-order valence-corrected chi connectivity index (χ3v) is 2.53. The quantitative estimate of drug-likeness (QED) is 0.405. The second-order valence-corrected chi connectivity index (χ2v) is 3.63. The number of allylic oxidation sites excluding steroid dienone is 2. The van der Waals surface area contributed by atoms with Gasteiger partial charge in [0.15, 0.2) is 0 Å². The van der Waals surface area contributed by atoms with Gasteiger partial charge in [0, 0.05) is 5.38 Å². The van der Waals surface area contributed by atoms with Crippen LogP contribution in [0.3, 0.4) is 0 Å². The largest absolute Gasteiger partial charge is 0.123 e. The Morgan fingerprint density at radius 3 is 2.27 bits per heavy atom. The van der Waals surface area contributed by atoms with Crippen molar-refractivity contribution in [1.29, 1.82) is 0 Å². The third kappa shape index (κ3) is 4.03. The second-order valence-electron chi connectivity index (χ2n) is 2.48. The molecule has 0 aromatic rings. The van der Waals surface area contributed by atoms with Gasteiger partial charge in [-0.1, -0.05) is 25.5 Å². The minimum absolute atomic E-state index is 0.182. The molecular weight excluding hydrogens is 179 g/mol. The Morgan fingerprint density at radius 2 is 1.91 bits per heavy atom. The van der Waals surface area contributed by atoms with E-state index in [1.54, 1.807) is 0 Å². The Bertz CT molecular complexity index is 130. The first-order valence-corrected chi connectivity index (χ1v) is 5.02. The van der Waals surface area contributed by atoms with Crippen molar-refractivity contribution in [2.24, 2.45) is 0 Å². The first-order chi connectivity index (χ1) is 5.20. The highest BCUT2D eigenvalue weighted by molar-refractivity contribution is 6.25. The van der Waals surface area contributed by atoms with E-state index in [0.717, 1.165) is 12.8 Å². The molecule has 0 saturated heterocycles. The highest BCUT2D eigenvalue weighted by atomic mass is 35.5. The first-order valence-electron chi connectivity index (χ1n) is 4.15. The van der Waals surface area contributed by atoms with Gasteiger partial charge in [-0.2, -0.15) is 0 Å². The Labute approximate surface area is 79.6 Å². The van der Waals surface area contributed by atoms with Crippen molar-refractivity contribution in [3.8, 4) is 0 Å². The first kappa shape index (κ1) is 11.3. The molecular formula is C9H16Cl2. The molecule has 0 bridgehead atoms. The van der Waals surface area contributed by atoms with Gasteiger partial charge in [0.1, 0.15) is 0 Å². The average Bonchev–Trinajstić information content (AvgIpc) is 2.02. The second kappa shape index (κ2) is 5.91. The molecule has 66 valence electrons. The summed E-state index contributed by atoms with van der Waals surface area (Å²) in [5, 5.41) is 0.442. The van der Waals surface area contributed by atoms with Crippen LogP contribution in [0.4, 0.5) is 0 Å². The standard InChI is InChI=1S/C7H10Cl2.C2H6/c1-5-2-3-6(8)4-7(5)9;1-2/h2,6-7H,3-4H2,1H3;1-2H3. The normalized spacial score (nSPS) is 30.1. The van der Waals surface area contributed by atoms with Crippen molar-refractivity contribution in [2.45, 2.75) is 44.4 Å². The van der Waals surface area contributed by atoms with E-state index in [2.05, 4.69) is 13.0 Å².